The molecule has 0 atom stereocenters. The number of hydrogen-bond donors (Lipinski definition) is 0. The molecule has 0 amide bonds. The van der Waals surface area contributed by atoms with Crippen LogP contribution in [0.4, 0.5) is 4.39 Å². The predicted molar refractivity (Wildman–Crippen MR) is 76.8 cm³/mol. The highest BCUT2D eigenvalue weighted by Gasteiger charge is 2.09. The van der Waals surface area contributed by atoms with Crippen molar-refractivity contribution in [1.82, 2.24) is 0 Å². The van der Waals surface area contributed by atoms with Gasteiger partial charge in [0, 0.05) is 11.4 Å². The van der Waals surface area contributed by atoms with E-state index in [1.807, 2.05) is 6.92 Å². The number of benzene rings is 2. The van der Waals surface area contributed by atoms with Crippen molar-refractivity contribution in [3.8, 4) is 5.75 Å². The summed E-state index contributed by atoms with van der Waals surface area (Å²) in [5.41, 5.74) is 1.26. The second kappa shape index (κ2) is 6.53. The predicted octanol–water partition coefficient (Wildman–Crippen LogP) is 3.98. The van der Waals surface area contributed by atoms with E-state index in [1.165, 1.54) is 6.07 Å². The first-order chi connectivity index (χ1) is 9.56. The molecule has 20 heavy (non-hydrogen) atoms. The Kier molecular flexibility index (Phi) is 4.74. The Morgan fingerprint density at radius 2 is 2.00 bits per heavy atom. The lowest BCUT2D eigenvalue weighted by molar-refractivity contribution is -0.120. The Balaban J connectivity index is 1.92. The second-order valence-corrected chi connectivity index (χ2v) is 4.91. The number of halogens is 2. The average molecular weight is 293 g/mol. The minimum atomic E-state index is -0.372. The Labute approximate surface area is 122 Å². The molecule has 4 heteroatoms. The van der Waals surface area contributed by atoms with Gasteiger partial charge in [0.15, 0.2) is 5.78 Å². The third kappa shape index (κ3) is 3.81. The Hall–Kier alpha value is -1.87. The lowest BCUT2D eigenvalue weighted by atomic mass is 10.1. The maximum atomic E-state index is 13.4. The van der Waals surface area contributed by atoms with Crippen LogP contribution in [0.25, 0.3) is 0 Å². The molecule has 0 heterocycles. The molecule has 2 nitrogen and oxygen atoms in total. The van der Waals surface area contributed by atoms with Crippen LogP contribution in [0.1, 0.15) is 11.1 Å². The third-order valence-corrected chi connectivity index (χ3v) is 3.30. The molecule has 0 aromatic heterocycles. The molecule has 0 radical (unpaired) electrons. The maximum absolute atomic E-state index is 13.4. The van der Waals surface area contributed by atoms with Gasteiger partial charge in [-0.05, 0) is 42.3 Å². The van der Waals surface area contributed by atoms with Gasteiger partial charge in [0.1, 0.15) is 18.2 Å². The molecule has 0 aliphatic heterocycles. The Morgan fingerprint density at radius 3 is 2.70 bits per heavy atom. The summed E-state index contributed by atoms with van der Waals surface area (Å²) in [6, 6.07) is 11.4. The number of carbonyl (C=O) groups excluding carboxylic acids is 1. The maximum Gasteiger partial charge on any atom is 0.174 e. The van der Waals surface area contributed by atoms with Crippen LogP contribution >= 0.6 is 11.6 Å². The number of Topliss-reactive ketones (excluding diaryl/α,β-unsaturated/α-hetero) is 1. The first-order valence-electron chi connectivity index (χ1n) is 6.20. The van der Waals surface area contributed by atoms with Crippen LogP contribution in [0.2, 0.25) is 5.02 Å². The summed E-state index contributed by atoms with van der Waals surface area (Å²) in [7, 11) is 0. The van der Waals surface area contributed by atoms with E-state index < -0.39 is 0 Å². The molecule has 0 fully saturated rings. The van der Waals surface area contributed by atoms with Gasteiger partial charge in [0.2, 0.25) is 0 Å². The fourth-order valence-corrected chi connectivity index (χ4v) is 1.89. The van der Waals surface area contributed by atoms with E-state index >= 15 is 0 Å². The zero-order valence-corrected chi connectivity index (χ0v) is 11.8. The summed E-state index contributed by atoms with van der Waals surface area (Å²) in [5.74, 6) is 0.0275. The van der Waals surface area contributed by atoms with Gasteiger partial charge >= 0.3 is 0 Å². The molecular weight excluding hydrogens is 279 g/mol. The molecule has 0 saturated heterocycles. The smallest absolute Gasteiger partial charge is 0.174 e. The van der Waals surface area contributed by atoms with E-state index in [1.54, 1.807) is 36.4 Å². The van der Waals surface area contributed by atoms with Crippen molar-refractivity contribution < 1.29 is 13.9 Å². The molecule has 0 spiro atoms. The number of hydrogen-bond acceptors (Lipinski definition) is 2. The van der Waals surface area contributed by atoms with E-state index in [4.69, 9.17) is 16.3 Å². The van der Waals surface area contributed by atoms with E-state index in [9.17, 15) is 9.18 Å². The lowest BCUT2D eigenvalue weighted by Crippen LogP contribution is -2.14. The zero-order valence-electron chi connectivity index (χ0n) is 11.0. The van der Waals surface area contributed by atoms with Crippen molar-refractivity contribution in [3.63, 3.8) is 0 Å². The van der Waals surface area contributed by atoms with Gasteiger partial charge in [-0.25, -0.2) is 4.39 Å². The van der Waals surface area contributed by atoms with Gasteiger partial charge < -0.3 is 4.74 Å². The van der Waals surface area contributed by atoms with Crippen LogP contribution in [0, 0.1) is 12.7 Å². The fraction of sp³-hybridized carbons (Fsp3) is 0.188. The van der Waals surface area contributed by atoms with Crippen LogP contribution in [0.3, 0.4) is 0 Å². The topological polar surface area (TPSA) is 26.3 Å². The van der Waals surface area contributed by atoms with Gasteiger partial charge in [-0.2, -0.15) is 0 Å². The summed E-state index contributed by atoms with van der Waals surface area (Å²) >= 11 is 5.90. The highest BCUT2D eigenvalue weighted by Crippen LogP contribution is 2.21. The zero-order chi connectivity index (χ0) is 14.5. The van der Waals surface area contributed by atoms with Gasteiger partial charge in [-0.3, -0.25) is 4.79 Å². The molecule has 0 bridgehead atoms. The van der Waals surface area contributed by atoms with Crippen molar-refractivity contribution in [1.29, 1.82) is 0 Å². The summed E-state index contributed by atoms with van der Waals surface area (Å²) in [4.78, 5) is 11.8. The van der Waals surface area contributed by atoms with Crippen molar-refractivity contribution in [2.24, 2.45) is 0 Å². The van der Waals surface area contributed by atoms with Crippen LogP contribution in [0.15, 0.2) is 42.5 Å². The molecule has 104 valence electrons. The monoisotopic (exact) mass is 292 g/mol. The summed E-state index contributed by atoms with van der Waals surface area (Å²) in [6.07, 6.45) is 0.0270. The lowest BCUT2D eigenvalue weighted by Gasteiger charge is -2.07. The quantitative estimate of drug-likeness (QED) is 0.833. The van der Waals surface area contributed by atoms with Crippen LogP contribution in [0.5, 0.6) is 5.75 Å². The molecule has 0 N–H and O–H groups in total. The third-order valence-electron chi connectivity index (χ3n) is 2.87. The Morgan fingerprint density at radius 1 is 1.25 bits per heavy atom. The summed E-state index contributed by atoms with van der Waals surface area (Å²) in [6.45, 7) is 1.77. The number of ether oxygens (including phenoxy) is 1. The minimum absolute atomic E-state index is 0.0270. The number of carbonyl (C=O) groups is 1. The van der Waals surface area contributed by atoms with Crippen LogP contribution in [-0.4, -0.2) is 12.4 Å². The molecule has 0 aliphatic rings. The number of aryl methyl sites for hydroxylation is 1. The van der Waals surface area contributed by atoms with Crippen LogP contribution in [-0.2, 0) is 11.2 Å². The summed E-state index contributed by atoms with van der Waals surface area (Å²) < 4.78 is 18.8. The molecule has 0 unspecified atom stereocenters. The molecule has 2 rings (SSSR count). The van der Waals surface area contributed by atoms with E-state index in [2.05, 4.69) is 0 Å². The average Bonchev–Trinajstić information content (AvgIpc) is 2.43. The number of rotatable bonds is 5. The van der Waals surface area contributed by atoms with Crippen molar-refractivity contribution in [2.75, 3.05) is 6.61 Å². The number of ketones is 1. The minimum Gasteiger partial charge on any atom is -0.486 e. The van der Waals surface area contributed by atoms with E-state index in [-0.39, 0.29) is 24.6 Å². The molecule has 0 aliphatic carbocycles. The van der Waals surface area contributed by atoms with Crippen molar-refractivity contribution >= 4 is 17.4 Å². The van der Waals surface area contributed by atoms with Gasteiger partial charge in [0.25, 0.3) is 0 Å². The van der Waals surface area contributed by atoms with Crippen molar-refractivity contribution in [2.45, 2.75) is 13.3 Å². The van der Waals surface area contributed by atoms with E-state index in [0.717, 1.165) is 5.56 Å². The van der Waals surface area contributed by atoms with Gasteiger partial charge in [-0.15, -0.1) is 0 Å². The largest absolute Gasteiger partial charge is 0.486 e. The standard InChI is InChI=1S/C16H14ClFO2/c1-11-8-14(6-7-15(11)17)20-10-13(19)9-12-4-2-3-5-16(12)18/h2-8H,9-10H2,1H3. The fourth-order valence-electron chi connectivity index (χ4n) is 1.78. The highest BCUT2D eigenvalue weighted by molar-refractivity contribution is 6.31. The van der Waals surface area contributed by atoms with Crippen molar-refractivity contribution in [3.05, 3.63) is 64.4 Å². The Bertz CT molecular complexity index is 626. The van der Waals surface area contributed by atoms with E-state index in [0.29, 0.717) is 16.3 Å². The second-order valence-electron chi connectivity index (χ2n) is 4.51. The van der Waals surface area contributed by atoms with Gasteiger partial charge in [0.05, 0.1) is 0 Å². The SMILES string of the molecule is Cc1cc(OCC(=O)Cc2ccccc2F)ccc1Cl. The normalized spacial score (nSPS) is 10.3. The van der Waals surface area contributed by atoms with Gasteiger partial charge in [-0.1, -0.05) is 29.8 Å². The molecular formula is C16H14ClFO2. The molecule has 0 saturated carbocycles. The first kappa shape index (κ1) is 14.5. The van der Waals surface area contributed by atoms with Crippen LogP contribution < -0.4 is 4.74 Å². The highest BCUT2D eigenvalue weighted by atomic mass is 35.5. The molecule has 2 aromatic carbocycles. The molecule has 2 aromatic rings. The first-order valence-corrected chi connectivity index (χ1v) is 6.58. The summed E-state index contributed by atoms with van der Waals surface area (Å²) in [5, 5.41) is 0.648.